The second-order valence-electron chi connectivity index (χ2n) is 5.64. The van der Waals surface area contributed by atoms with E-state index in [1.807, 2.05) is 6.92 Å². The van der Waals surface area contributed by atoms with Crippen LogP contribution in [0.4, 0.5) is 0 Å². The minimum absolute atomic E-state index is 0.0585. The minimum Gasteiger partial charge on any atom is -0.462 e. The lowest BCUT2D eigenvalue weighted by Crippen LogP contribution is -2.31. The lowest BCUT2D eigenvalue weighted by atomic mass is 9.75. The highest BCUT2D eigenvalue weighted by Gasteiger charge is 2.48. The molecule has 3 heteroatoms. The van der Waals surface area contributed by atoms with Crippen LogP contribution in [0.15, 0.2) is 0 Å². The fraction of sp³-hybridized carbons (Fsp3) is 0.933. The van der Waals surface area contributed by atoms with E-state index in [-0.39, 0.29) is 18.2 Å². The van der Waals surface area contributed by atoms with Gasteiger partial charge in [-0.3, -0.25) is 4.79 Å². The monoisotopic (exact) mass is 256 g/mol. The Kier molecular flexibility index (Phi) is 6.13. The Morgan fingerprint density at radius 3 is 2.61 bits per heavy atom. The summed E-state index contributed by atoms with van der Waals surface area (Å²) in [7, 11) is 0. The first kappa shape index (κ1) is 15.5. The highest BCUT2D eigenvalue weighted by Crippen LogP contribution is 2.43. The van der Waals surface area contributed by atoms with Crippen molar-refractivity contribution in [2.75, 3.05) is 0 Å². The van der Waals surface area contributed by atoms with Gasteiger partial charge >= 0.3 is 5.97 Å². The van der Waals surface area contributed by atoms with E-state index in [2.05, 4.69) is 13.8 Å². The molecule has 0 amide bonds. The molecule has 0 aromatic rings. The molecule has 0 spiro atoms. The third kappa shape index (κ3) is 3.71. The third-order valence-corrected chi connectivity index (χ3v) is 4.14. The Morgan fingerprint density at radius 2 is 2.11 bits per heavy atom. The summed E-state index contributed by atoms with van der Waals surface area (Å²) in [6.07, 6.45) is 6.85. The van der Waals surface area contributed by atoms with Crippen LogP contribution in [0.5, 0.6) is 0 Å². The van der Waals surface area contributed by atoms with Crippen molar-refractivity contribution in [3.05, 3.63) is 0 Å². The lowest BCUT2D eigenvalue weighted by molar-refractivity contribution is -0.150. The Bertz CT molecular complexity index is 264. The van der Waals surface area contributed by atoms with Crippen LogP contribution in [0.3, 0.4) is 0 Å². The fourth-order valence-electron chi connectivity index (χ4n) is 2.85. The molecule has 0 saturated carbocycles. The number of aliphatic hydroxyl groups is 1. The number of hydrogen-bond donors (Lipinski definition) is 1. The zero-order valence-corrected chi connectivity index (χ0v) is 12.1. The Balaban J connectivity index is 2.70. The van der Waals surface area contributed by atoms with Gasteiger partial charge in [0, 0.05) is 6.42 Å². The predicted molar refractivity (Wildman–Crippen MR) is 72.3 cm³/mol. The zero-order valence-electron chi connectivity index (χ0n) is 12.1. The van der Waals surface area contributed by atoms with Crippen LogP contribution < -0.4 is 0 Å². The standard InChI is InChI=1S/C15H28O3/c1-4-7-8-9-15(10-12(16)5-2)11-13(6-3)18-14(15)17/h12-13,16H,4-11H2,1-3H3. The molecule has 1 rings (SSSR count). The maximum absolute atomic E-state index is 12.2. The molecule has 106 valence electrons. The SMILES string of the molecule is CCCCCC1(CC(O)CC)CC(CC)OC1=O. The summed E-state index contributed by atoms with van der Waals surface area (Å²) in [6.45, 7) is 6.17. The van der Waals surface area contributed by atoms with Gasteiger partial charge in [0.2, 0.25) is 0 Å². The molecule has 1 N–H and O–H groups in total. The summed E-state index contributed by atoms with van der Waals surface area (Å²) in [5, 5.41) is 9.91. The number of rotatable bonds is 8. The van der Waals surface area contributed by atoms with Gasteiger partial charge < -0.3 is 9.84 Å². The topological polar surface area (TPSA) is 46.5 Å². The minimum atomic E-state index is -0.411. The molecule has 0 aromatic carbocycles. The number of unbranched alkanes of at least 4 members (excludes halogenated alkanes) is 2. The Morgan fingerprint density at radius 1 is 1.39 bits per heavy atom. The van der Waals surface area contributed by atoms with E-state index in [0.717, 1.165) is 38.5 Å². The molecule has 1 heterocycles. The molecule has 0 aromatic heterocycles. The molecule has 3 unspecified atom stereocenters. The van der Waals surface area contributed by atoms with E-state index in [9.17, 15) is 9.90 Å². The van der Waals surface area contributed by atoms with Crippen molar-refractivity contribution in [3.8, 4) is 0 Å². The van der Waals surface area contributed by atoms with Crippen LogP contribution in [0.25, 0.3) is 0 Å². The summed E-state index contributed by atoms with van der Waals surface area (Å²) < 4.78 is 5.45. The van der Waals surface area contributed by atoms with E-state index in [1.54, 1.807) is 0 Å². The first-order valence-corrected chi connectivity index (χ1v) is 7.47. The fourth-order valence-corrected chi connectivity index (χ4v) is 2.85. The molecule has 1 saturated heterocycles. The quantitative estimate of drug-likeness (QED) is 0.534. The molecule has 18 heavy (non-hydrogen) atoms. The van der Waals surface area contributed by atoms with Gasteiger partial charge in [0.05, 0.1) is 11.5 Å². The number of cyclic esters (lactones) is 1. The maximum atomic E-state index is 12.2. The number of esters is 1. The van der Waals surface area contributed by atoms with E-state index >= 15 is 0 Å². The molecule has 1 aliphatic rings. The van der Waals surface area contributed by atoms with Gasteiger partial charge in [0.1, 0.15) is 6.10 Å². The number of hydrogen-bond acceptors (Lipinski definition) is 3. The molecule has 1 fully saturated rings. The van der Waals surface area contributed by atoms with Crippen molar-refractivity contribution in [1.82, 2.24) is 0 Å². The summed E-state index contributed by atoms with van der Waals surface area (Å²) in [6, 6.07) is 0. The van der Waals surface area contributed by atoms with Gasteiger partial charge in [0.15, 0.2) is 0 Å². The van der Waals surface area contributed by atoms with Crippen LogP contribution >= 0.6 is 0 Å². The average molecular weight is 256 g/mol. The average Bonchev–Trinajstić information content (AvgIpc) is 2.67. The van der Waals surface area contributed by atoms with Crippen molar-refractivity contribution in [2.45, 2.75) is 84.3 Å². The molecule has 0 radical (unpaired) electrons. The molecule has 3 nitrogen and oxygen atoms in total. The number of carbonyl (C=O) groups excluding carboxylic acids is 1. The smallest absolute Gasteiger partial charge is 0.312 e. The number of aliphatic hydroxyl groups excluding tert-OH is 1. The molecule has 1 aliphatic heterocycles. The normalized spacial score (nSPS) is 29.3. The van der Waals surface area contributed by atoms with Gasteiger partial charge in [0.25, 0.3) is 0 Å². The second kappa shape index (κ2) is 7.13. The molecule has 0 bridgehead atoms. The van der Waals surface area contributed by atoms with Crippen LogP contribution in [0.1, 0.15) is 72.1 Å². The zero-order chi connectivity index (χ0) is 13.6. The summed E-state index contributed by atoms with van der Waals surface area (Å²) in [5.41, 5.74) is -0.411. The van der Waals surface area contributed by atoms with Crippen molar-refractivity contribution in [3.63, 3.8) is 0 Å². The third-order valence-electron chi connectivity index (χ3n) is 4.14. The van der Waals surface area contributed by atoms with Crippen LogP contribution in [0, 0.1) is 5.41 Å². The van der Waals surface area contributed by atoms with E-state index in [0.29, 0.717) is 12.8 Å². The van der Waals surface area contributed by atoms with Crippen LogP contribution in [-0.4, -0.2) is 23.3 Å². The number of ether oxygens (including phenoxy) is 1. The largest absolute Gasteiger partial charge is 0.462 e. The lowest BCUT2D eigenvalue weighted by Gasteiger charge is -2.27. The van der Waals surface area contributed by atoms with Crippen molar-refractivity contribution < 1.29 is 14.6 Å². The van der Waals surface area contributed by atoms with Crippen LogP contribution in [-0.2, 0) is 9.53 Å². The van der Waals surface area contributed by atoms with Gasteiger partial charge in [-0.2, -0.15) is 0 Å². The molecular formula is C15H28O3. The number of carbonyl (C=O) groups is 1. The van der Waals surface area contributed by atoms with E-state index < -0.39 is 5.41 Å². The molecular weight excluding hydrogens is 228 g/mol. The molecule has 0 aliphatic carbocycles. The van der Waals surface area contributed by atoms with Gasteiger partial charge in [-0.1, -0.05) is 40.0 Å². The maximum Gasteiger partial charge on any atom is 0.312 e. The second-order valence-corrected chi connectivity index (χ2v) is 5.64. The van der Waals surface area contributed by atoms with E-state index in [4.69, 9.17) is 4.74 Å². The van der Waals surface area contributed by atoms with Gasteiger partial charge in [-0.05, 0) is 25.7 Å². The summed E-state index contributed by atoms with van der Waals surface area (Å²) in [4.78, 5) is 12.2. The molecule has 3 atom stereocenters. The van der Waals surface area contributed by atoms with Crippen LogP contribution in [0.2, 0.25) is 0 Å². The first-order valence-electron chi connectivity index (χ1n) is 7.47. The first-order chi connectivity index (χ1) is 8.57. The van der Waals surface area contributed by atoms with Gasteiger partial charge in [-0.25, -0.2) is 0 Å². The summed E-state index contributed by atoms with van der Waals surface area (Å²) in [5.74, 6) is -0.0713. The van der Waals surface area contributed by atoms with Gasteiger partial charge in [-0.15, -0.1) is 0 Å². The van der Waals surface area contributed by atoms with Crippen molar-refractivity contribution in [1.29, 1.82) is 0 Å². The van der Waals surface area contributed by atoms with Crippen molar-refractivity contribution in [2.24, 2.45) is 5.41 Å². The summed E-state index contributed by atoms with van der Waals surface area (Å²) >= 11 is 0. The Hall–Kier alpha value is -0.570. The highest BCUT2D eigenvalue weighted by atomic mass is 16.6. The van der Waals surface area contributed by atoms with Crippen molar-refractivity contribution >= 4 is 5.97 Å². The highest BCUT2D eigenvalue weighted by molar-refractivity contribution is 5.79. The van der Waals surface area contributed by atoms with E-state index in [1.165, 1.54) is 0 Å². The predicted octanol–water partition coefficient (Wildman–Crippen LogP) is 3.44. The Labute approximate surface area is 111 Å².